The van der Waals surface area contributed by atoms with E-state index in [1.807, 2.05) is 0 Å². The number of rotatable bonds is 4. The summed E-state index contributed by atoms with van der Waals surface area (Å²) in [6.45, 7) is 4.72. The van der Waals surface area contributed by atoms with Crippen molar-refractivity contribution < 1.29 is 9.52 Å². The smallest absolute Gasteiger partial charge is 0.230 e. The van der Waals surface area contributed by atoms with Crippen LogP contribution in [0.25, 0.3) is 0 Å². The van der Waals surface area contributed by atoms with Crippen LogP contribution in [-0.4, -0.2) is 27.4 Å². The molecular formula is C12H21N3O2. The lowest BCUT2D eigenvalue weighted by molar-refractivity contribution is 0.0958. The molecule has 1 saturated carbocycles. The molecule has 5 nitrogen and oxygen atoms in total. The summed E-state index contributed by atoms with van der Waals surface area (Å²) < 4.78 is 5.32. The summed E-state index contributed by atoms with van der Waals surface area (Å²) in [4.78, 5) is 0. The summed E-state index contributed by atoms with van der Waals surface area (Å²) in [5, 5.41) is 20.8. The van der Waals surface area contributed by atoms with Gasteiger partial charge in [-0.1, -0.05) is 19.8 Å². The van der Waals surface area contributed by atoms with Crippen LogP contribution >= 0.6 is 0 Å². The fourth-order valence-corrected chi connectivity index (χ4v) is 2.69. The quantitative estimate of drug-likeness (QED) is 0.831. The first kappa shape index (κ1) is 12.5. The number of aliphatic hydroxyl groups excluding tert-OH is 1. The number of nitrogens with one attached hydrogen (secondary N) is 1. The summed E-state index contributed by atoms with van der Waals surface area (Å²) in [6.07, 6.45) is 4.44. The van der Waals surface area contributed by atoms with E-state index in [9.17, 15) is 5.11 Å². The highest BCUT2D eigenvalue weighted by Gasteiger charge is 2.34. The second kappa shape index (κ2) is 5.14. The topological polar surface area (TPSA) is 71.2 Å². The predicted octanol–water partition coefficient (Wildman–Crippen LogP) is 1.41. The van der Waals surface area contributed by atoms with Crippen LogP contribution in [0.5, 0.6) is 0 Å². The van der Waals surface area contributed by atoms with E-state index in [1.54, 1.807) is 6.92 Å². The Kier molecular flexibility index (Phi) is 3.79. The van der Waals surface area contributed by atoms with Crippen molar-refractivity contribution in [2.75, 3.05) is 6.61 Å². The van der Waals surface area contributed by atoms with Crippen molar-refractivity contribution in [1.29, 1.82) is 0 Å². The van der Waals surface area contributed by atoms with Crippen molar-refractivity contribution in [3.8, 4) is 0 Å². The molecule has 0 saturated heterocycles. The number of aliphatic hydroxyl groups is 1. The predicted molar refractivity (Wildman–Crippen MR) is 63.3 cm³/mol. The van der Waals surface area contributed by atoms with Gasteiger partial charge in [0.05, 0.1) is 13.2 Å². The molecule has 5 heteroatoms. The van der Waals surface area contributed by atoms with Crippen LogP contribution in [0, 0.1) is 12.8 Å². The number of hydrogen-bond acceptors (Lipinski definition) is 5. The Morgan fingerprint density at radius 3 is 2.94 bits per heavy atom. The van der Waals surface area contributed by atoms with Crippen LogP contribution in [0.15, 0.2) is 4.42 Å². The van der Waals surface area contributed by atoms with Crippen molar-refractivity contribution in [2.45, 2.75) is 51.6 Å². The average Bonchev–Trinajstić information content (AvgIpc) is 2.73. The summed E-state index contributed by atoms with van der Waals surface area (Å²) in [7, 11) is 0. The number of aromatic nitrogens is 2. The molecule has 0 spiro atoms. The molecular weight excluding hydrogens is 218 g/mol. The minimum atomic E-state index is -0.167. The summed E-state index contributed by atoms with van der Waals surface area (Å²) in [6, 6.07) is 0. The summed E-state index contributed by atoms with van der Waals surface area (Å²) in [5.41, 5.74) is -0.167. The maximum atomic E-state index is 9.61. The standard InChI is InChI=1S/C12H21N3O2/c1-9-4-3-5-12(6-9,8-16)13-7-11-15-14-10(2)17-11/h9,13,16H,3-8H2,1-2H3. The monoisotopic (exact) mass is 239 g/mol. The first-order chi connectivity index (χ1) is 8.13. The average molecular weight is 239 g/mol. The molecule has 1 aliphatic carbocycles. The van der Waals surface area contributed by atoms with Crippen molar-refractivity contribution >= 4 is 0 Å². The van der Waals surface area contributed by atoms with E-state index < -0.39 is 0 Å². The Hall–Kier alpha value is -0.940. The lowest BCUT2D eigenvalue weighted by atomic mass is 9.77. The molecule has 1 heterocycles. The third-order valence-electron chi connectivity index (χ3n) is 3.58. The molecule has 0 amide bonds. The normalized spacial score (nSPS) is 29.5. The summed E-state index contributed by atoms with van der Waals surface area (Å²) in [5.74, 6) is 1.83. The van der Waals surface area contributed by atoms with Crippen molar-refractivity contribution in [3.63, 3.8) is 0 Å². The Bertz CT molecular complexity index is 366. The van der Waals surface area contributed by atoms with Crippen molar-refractivity contribution in [1.82, 2.24) is 15.5 Å². The Morgan fingerprint density at radius 1 is 1.53 bits per heavy atom. The largest absolute Gasteiger partial charge is 0.424 e. The van der Waals surface area contributed by atoms with Crippen LogP contribution in [0.3, 0.4) is 0 Å². The zero-order valence-electron chi connectivity index (χ0n) is 10.6. The fraction of sp³-hybridized carbons (Fsp3) is 0.833. The van der Waals surface area contributed by atoms with Gasteiger partial charge in [-0.3, -0.25) is 0 Å². The number of hydrogen-bond donors (Lipinski definition) is 2. The fourth-order valence-electron chi connectivity index (χ4n) is 2.69. The molecule has 2 rings (SSSR count). The highest BCUT2D eigenvalue weighted by Crippen LogP contribution is 2.32. The molecule has 1 fully saturated rings. The Morgan fingerprint density at radius 2 is 2.35 bits per heavy atom. The SMILES string of the molecule is Cc1nnc(CNC2(CO)CCCC(C)C2)o1. The zero-order valence-corrected chi connectivity index (χ0v) is 10.6. The van der Waals surface area contributed by atoms with Crippen LogP contribution in [0.1, 0.15) is 44.4 Å². The van der Waals surface area contributed by atoms with Crippen molar-refractivity contribution in [2.24, 2.45) is 5.92 Å². The van der Waals surface area contributed by atoms with E-state index in [2.05, 4.69) is 22.4 Å². The molecule has 1 aromatic rings. The lowest BCUT2D eigenvalue weighted by Crippen LogP contribution is -2.51. The minimum Gasteiger partial charge on any atom is -0.424 e. The Labute approximate surface area is 102 Å². The van der Waals surface area contributed by atoms with Gasteiger partial charge in [0.15, 0.2) is 0 Å². The van der Waals surface area contributed by atoms with Gasteiger partial charge in [-0.25, -0.2) is 0 Å². The van der Waals surface area contributed by atoms with E-state index in [4.69, 9.17) is 4.42 Å². The summed E-state index contributed by atoms with van der Waals surface area (Å²) >= 11 is 0. The maximum absolute atomic E-state index is 9.61. The molecule has 0 bridgehead atoms. The highest BCUT2D eigenvalue weighted by molar-refractivity contribution is 4.93. The number of aryl methyl sites for hydroxylation is 1. The van der Waals surface area contributed by atoms with Crippen LogP contribution < -0.4 is 5.32 Å². The second-order valence-electron chi connectivity index (χ2n) is 5.21. The maximum Gasteiger partial charge on any atom is 0.230 e. The van der Waals surface area contributed by atoms with Crippen LogP contribution in [-0.2, 0) is 6.54 Å². The van der Waals surface area contributed by atoms with Gasteiger partial charge >= 0.3 is 0 Å². The number of nitrogens with zero attached hydrogens (tertiary/aromatic N) is 2. The minimum absolute atomic E-state index is 0.167. The zero-order chi connectivity index (χ0) is 12.3. The van der Waals surface area contributed by atoms with E-state index in [-0.39, 0.29) is 12.1 Å². The Balaban J connectivity index is 1.94. The first-order valence-corrected chi connectivity index (χ1v) is 6.28. The van der Waals surface area contributed by atoms with Gasteiger partial charge in [0.1, 0.15) is 0 Å². The first-order valence-electron chi connectivity index (χ1n) is 6.28. The van der Waals surface area contributed by atoms with Gasteiger partial charge in [0.2, 0.25) is 11.8 Å². The molecule has 0 aliphatic heterocycles. The van der Waals surface area contributed by atoms with E-state index in [0.717, 1.165) is 19.3 Å². The third kappa shape index (κ3) is 3.04. The van der Waals surface area contributed by atoms with Crippen LogP contribution in [0.4, 0.5) is 0 Å². The van der Waals surface area contributed by atoms with Gasteiger partial charge in [0, 0.05) is 12.5 Å². The van der Waals surface area contributed by atoms with Gasteiger partial charge < -0.3 is 14.8 Å². The van der Waals surface area contributed by atoms with Crippen LogP contribution in [0.2, 0.25) is 0 Å². The molecule has 2 N–H and O–H groups in total. The van der Waals surface area contributed by atoms with Crippen molar-refractivity contribution in [3.05, 3.63) is 11.8 Å². The van der Waals surface area contributed by atoms with E-state index in [1.165, 1.54) is 6.42 Å². The van der Waals surface area contributed by atoms with Gasteiger partial charge in [-0.2, -0.15) is 0 Å². The highest BCUT2D eigenvalue weighted by atomic mass is 16.4. The molecule has 1 aliphatic rings. The second-order valence-corrected chi connectivity index (χ2v) is 5.21. The van der Waals surface area contributed by atoms with E-state index >= 15 is 0 Å². The van der Waals surface area contributed by atoms with Gasteiger partial charge in [0.25, 0.3) is 0 Å². The molecule has 96 valence electrons. The third-order valence-corrected chi connectivity index (χ3v) is 3.58. The molecule has 17 heavy (non-hydrogen) atoms. The van der Waals surface area contributed by atoms with Gasteiger partial charge in [-0.05, 0) is 18.8 Å². The molecule has 2 unspecified atom stereocenters. The van der Waals surface area contributed by atoms with E-state index in [0.29, 0.717) is 24.2 Å². The molecule has 2 atom stereocenters. The lowest BCUT2D eigenvalue weighted by Gasteiger charge is -2.39. The molecule has 0 aromatic carbocycles. The molecule has 0 radical (unpaired) electrons. The van der Waals surface area contributed by atoms with Gasteiger partial charge in [-0.15, -0.1) is 10.2 Å². The molecule has 1 aromatic heterocycles.